The Balaban J connectivity index is 0.000000216. The first kappa shape index (κ1) is 19.2. The molecule has 1 N–H and O–H groups in total. The SMILES string of the molecule is CN1CCc2c([nH]c3ccccc23)C1c1ccc(F)cc1.Cc1ccc(C=O)o1. The monoisotopic (exact) mass is 390 g/mol. The average molecular weight is 390 g/mol. The number of likely N-dealkylation sites (N-methyl/N-ethyl adjacent to an activating group) is 1. The molecule has 5 heteroatoms. The number of carbonyl (C=O) groups excluding carboxylic acids is 1. The zero-order chi connectivity index (χ0) is 20.4. The summed E-state index contributed by atoms with van der Waals surface area (Å²) in [6.45, 7) is 2.81. The molecule has 1 aliphatic rings. The Morgan fingerprint density at radius 1 is 1.10 bits per heavy atom. The minimum absolute atomic E-state index is 0.168. The maximum absolute atomic E-state index is 13.2. The van der Waals surface area contributed by atoms with Gasteiger partial charge in [0.15, 0.2) is 12.0 Å². The van der Waals surface area contributed by atoms with Gasteiger partial charge in [-0.1, -0.05) is 30.3 Å². The second-order valence-electron chi connectivity index (χ2n) is 7.31. The van der Waals surface area contributed by atoms with Crippen molar-refractivity contribution in [3.05, 3.63) is 94.8 Å². The van der Waals surface area contributed by atoms with E-state index in [9.17, 15) is 9.18 Å². The van der Waals surface area contributed by atoms with Gasteiger partial charge in [0.2, 0.25) is 0 Å². The van der Waals surface area contributed by atoms with E-state index in [0.717, 1.165) is 24.3 Å². The summed E-state index contributed by atoms with van der Waals surface area (Å²) < 4.78 is 18.1. The van der Waals surface area contributed by atoms with Crippen LogP contribution in [0.1, 0.15) is 39.2 Å². The number of carbonyl (C=O) groups is 1. The summed E-state index contributed by atoms with van der Waals surface area (Å²) >= 11 is 0. The molecular formula is C24H23FN2O2. The lowest BCUT2D eigenvalue weighted by molar-refractivity contribution is 0.109. The molecule has 2 aromatic carbocycles. The molecule has 2 aromatic heterocycles. The third-order valence-corrected chi connectivity index (χ3v) is 5.34. The van der Waals surface area contributed by atoms with Gasteiger partial charge >= 0.3 is 0 Å². The minimum Gasteiger partial charge on any atom is -0.459 e. The summed E-state index contributed by atoms with van der Waals surface area (Å²) in [4.78, 5) is 15.8. The van der Waals surface area contributed by atoms with Gasteiger partial charge in [-0.3, -0.25) is 9.69 Å². The van der Waals surface area contributed by atoms with Crippen LogP contribution in [0.25, 0.3) is 10.9 Å². The number of hydrogen-bond acceptors (Lipinski definition) is 3. The molecule has 5 rings (SSSR count). The summed E-state index contributed by atoms with van der Waals surface area (Å²) in [6, 6.07) is 18.9. The molecule has 1 atom stereocenters. The summed E-state index contributed by atoms with van der Waals surface area (Å²) in [6.07, 6.45) is 1.74. The first-order valence-corrected chi connectivity index (χ1v) is 9.63. The van der Waals surface area contributed by atoms with E-state index in [0.29, 0.717) is 12.0 Å². The molecule has 1 unspecified atom stereocenters. The molecule has 0 fully saturated rings. The van der Waals surface area contributed by atoms with Crippen molar-refractivity contribution in [1.82, 2.24) is 9.88 Å². The van der Waals surface area contributed by atoms with E-state index < -0.39 is 0 Å². The number of aromatic amines is 1. The lowest BCUT2D eigenvalue weighted by Gasteiger charge is -2.33. The molecule has 0 saturated heterocycles. The fraction of sp³-hybridized carbons (Fsp3) is 0.208. The van der Waals surface area contributed by atoms with Gasteiger partial charge in [-0.2, -0.15) is 0 Å². The van der Waals surface area contributed by atoms with E-state index in [-0.39, 0.29) is 11.9 Å². The molecule has 4 nitrogen and oxygen atoms in total. The number of fused-ring (bicyclic) bond motifs is 3. The molecular weight excluding hydrogens is 367 g/mol. The molecule has 3 heterocycles. The molecule has 0 radical (unpaired) electrons. The van der Waals surface area contributed by atoms with Gasteiger partial charge in [-0.05, 0) is 61.9 Å². The second-order valence-corrected chi connectivity index (χ2v) is 7.31. The van der Waals surface area contributed by atoms with E-state index in [2.05, 4.69) is 41.2 Å². The van der Waals surface area contributed by atoms with Gasteiger partial charge in [-0.25, -0.2) is 4.39 Å². The van der Waals surface area contributed by atoms with Crippen LogP contribution in [0, 0.1) is 12.7 Å². The number of aromatic nitrogens is 1. The van der Waals surface area contributed by atoms with E-state index in [1.54, 1.807) is 31.2 Å². The number of nitrogens with zero attached hydrogens (tertiary/aromatic N) is 1. The number of aryl methyl sites for hydroxylation is 1. The molecule has 0 spiro atoms. The van der Waals surface area contributed by atoms with Crippen molar-refractivity contribution < 1.29 is 13.6 Å². The van der Waals surface area contributed by atoms with Crippen LogP contribution in [-0.4, -0.2) is 29.8 Å². The average Bonchev–Trinajstić information content (AvgIpc) is 3.32. The Morgan fingerprint density at radius 2 is 1.86 bits per heavy atom. The zero-order valence-electron chi connectivity index (χ0n) is 16.5. The van der Waals surface area contributed by atoms with Crippen LogP contribution < -0.4 is 0 Å². The van der Waals surface area contributed by atoms with Crippen molar-refractivity contribution >= 4 is 17.2 Å². The maximum atomic E-state index is 13.2. The van der Waals surface area contributed by atoms with Crippen molar-refractivity contribution in [2.45, 2.75) is 19.4 Å². The van der Waals surface area contributed by atoms with Crippen molar-refractivity contribution in [3.63, 3.8) is 0 Å². The highest BCUT2D eigenvalue weighted by atomic mass is 19.1. The van der Waals surface area contributed by atoms with Gasteiger partial charge in [0, 0.05) is 23.1 Å². The van der Waals surface area contributed by atoms with E-state index in [1.165, 1.54) is 22.2 Å². The highest BCUT2D eigenvalue weighted by Gasteiger charge is 2.29. The third kappa shape index (κ3) is 3.87. The number of para-hydroxylation sites is 1. The number of H-pyrrole nitrogens is 1. The summed E-state index contributed by atoms with van der Waals surface area (Å²) in [5.41, 5.74) is 4.96. The molecule has 148 valence electrons. The summed E-state index contributed by atoms with van der Waals surface area (Å²) in [7, 11) is 2.13. The third-order valence-electron chi connectivity index (χ3n) is 5.34. The molecule has 4 aromatic rings. The lowest BCUT2D eigenvalue weighted by Crippen LogP contribution is -2.32. The Hall–Kier alpha value is -3.18. The predicted molar refractivity (Wildman–Crippen MR) is 112 cm³/mol. The lowest BCUT2D eigenvalue weighted by atomic mass is 9.93. The molecule has 29 heavy (non-hydrogen) atoms. The molecule has 0 saturated carbocycles. The van der Waals surface area contributed by atoms with Crippen LogP contribution in [-0.2, 0) is 6.42 Å². The Labute approximate surface area is 169 Å². The Morgan fingerprint density at radius 3 is 2.52 bits per heavy atom. The standard InChI is InChI=1S/C18H17FN2.C6H6O2/c1-21-11-10-15-14-4-2-3-5-16(14)20-17(15)18(21)12-6-8-13(19)9-7-12;1-5-2-3-6(4-7)8-5/h2-9,18,20H,10-11H2,1H3;2-4H,1H3. The zero-order valence-corrected chi connectivity index (χ0v) is 16.5. The van der Waals surface area contributed by atoms with Gasteiger partial charge in [0.25, 0.3) is 0 Å². The van der Waals surface area contributed by atoms with Crippen LogP contribution in [0.2, 0.25) is 0 Å². The van der Waals surface area contributed by atoms with Crippen molar-refractivity contribution in [3.8, 4) is 0 Å². The number of nitrogens with one attached hydrogen (secondary N) is 1. The Bertz CT molecular complexity index is 1130. The molecule has 0 amide bonds. The summed E-state index contributed by atoms with van der Waals surface area (Å²) in [5.74, 6) is 0.976. The van der Waals surface area contributed by atoms with Gasteiger partial charge in [0.05, 0.1) is 6.04 Å². The first-order valence-electron chi connectivity index (χ1n) is 9.63. The number of aldehydes is 1. The molecule has 0 aliphatic carbocycles. The fourth-order valence-corrected chi connectivity index (χ4v) is 3.94. The number of benzene rings is 2. The van der Waals surface area contributed by atoms with Crippen LogP contribution in [0.5, 0.6) is 0 Å². The van der Waals surface area contributed by atoms with E-state index in [1.807, 2.05) is 12.1 Å². The first-order chi connectivity index (χ1) is 14.1. The van der Waals surface area contributed by atoms with Crippen molar-refractivity contribution in [2.24, 2.45) is 0 Å². The quantitative estimate of drug-likeness (QED) is 0.474. The van der Waals surface area contributed by atoms with Crippen molar-refractivity contribution in [2.75, 3.05) is 13.6 Å². The van der Waals surface area contributed by atoms with E-state index >= 15 is 0 Å². The number of hydrogen-bond donors (Lipinski definition) is 1. The highest BCUT2D eigenvalue weighted by molar-refractivity contribution is 5.85. The normalized spacial score (nSPS) is 16.2. The predicted octanol–water partition coefficient (Wildman–Crippen LogP) is 5.28. The number of halogens is 1. The highest BCUT2D eigenvalue weighted by Crippen LogP contribution is 2.37. The summed E-state index contributed by atoms with van der Waals surface area (Å²) in [5, 5.41) is 1.31. The largest absolute Gasteiger partial charge is 0.459 e. The van der Waals surface area contributed by atoms with Gasteiger partial charge in [0.1, 0.15) is 11.6 Å². The van der Waals surface area contributed by atoms with E-state index in [4.69, 9.17) is 4.42 Å². The Kier molecular flexibility index (Phi) is 5.32. The van der Waals surface area contributed by atoms with Gasteiger partial charge in [-0.15, -0.1) is 0 Å². The number of rotatable bonds is 2. The van der Waals surface area contributed by atoms with Crippen LogP contribution >= 0.6 is 0 Å². The second kappa shape index (κ2) is 8.05. The minimum atomic E-state index is -0.186. The van der Waals surface area contributed by atoms with Crippen LogP contribution in [0.3, 0.4) is 0 Å². The topological polar surface area (TPSA) is 49.2 Å². The van der Waals surface area contributed by atoms with Gasteiger partial charge < -0.3 is 9.40 Å². The van der Waals surface area contributed by atoms with Crippen molar-refractivity contribution in [1.29, 1.82) is 0 Å². The number of furan rings is 1. The van der Waals surface area contributed by atoms with Crippen LogP contribution in [0.15, 0.2) is 65.1 Å². The smallest absolute Gasteiger partial charge is 0.185 e. The fourth-order valence-electron chi connectivity index (χ4n) is 3.94. The van der Waals surface area contributed by atoms with Crippen LogP contribution in [0.4, 0.5) is 4.39 Å². The molecule has 1 aliphatic heterocycles. The molecule has 0 bridgehead atoms. The maximum Gasteiger partial charge on any atom is 0.185 e.